The number of thioether (sulfide) groups is 1. The Morgan fingerprint density at radius 2 is 1.92 bits per heavy atom. The zero-order valence-electron chi connectivity index (χ0n) is 23.6. The predicted molar refractivity (Wildman–Crippen MR) is 159 cm³/mol. The van der Waals surface area contributed by atoms with E-state index in [0.29, 0.717) is 31.6 Å². The van der Waals surface area contributed by atoms with Gasteiger partial charge in [0.2, 0.25) is 11.8 Å². The van der Waals surface area contributed by atoms with Crippen LogP contribution in [0.3, 0.4) is 0 Å². The number of rotatable bonds is 9. The molecule has 39 heavy (non-hydrogen) atoms. The van der Waals surface area contributed by atoms with Crippen LogP contribution in [-0.2, 0) is 22.7 Å². The van der Waals surface area contributed by atoms with Gasteiger partial charge in [0.15, 0.2) is 0 Å². The predicted octanol–water partition coefficient (Wildman–Crippen LogP) is 5.91. The average Bonchev–Trinajstić information content (AvgIpc) is 3.52. The van der Waals surface area contributed by atoms with Crippen LogP contribution in [0, 0.1) is 12.8 Å². The lowest BCUT2D eigenvalue weighted by molar-refractivity contribution is -0.143. The summed E-state index contributed by atoms with van der Waals surface area (Å²) in [7, 11) is 0. The number of allylic oxidation sites excluding steroid dienone is 1. The fourth-order valence-electron chi connectivity index (χ4n) is 5.65. The lowest BCUT2D eigenvalue weighted by atomic mass is 10.00. The van der Waals surface area contributed by atoms with E-state index in [0.717, 1.165) is 28.7 Å². The summed E-state index contributed by atoms with van der Waals surface area (Å²) >= 11 is 1.61. The first-order valence-electron chi connectivity index (χ1n) is 13.7. The molecule has 2 atom stereocenters. The van der Waals surface area contributed by atoms with Crippen molar-refractivity contribution in [2.45, 2.75) is 72.6 Å². The lowest BCUT2D eigenvalue weighted by Crippen LogP contribution is -2.55. The average molecular weight is 546 g/mol. The molecule has 1 fully saturated rings. The standard InChI is InChI=1S/C32H39N3O3S/c1-7-39-29(21(4)5)23-14-15-24(22(6)17-23)18-33-30(36)27-13-10-16-34(27)32(38)28(20(2)3)35-19-25-11-8-9-12-26(25)31(35)37/h7-9,11-12,14-15,17,20,27-28H,1,10,13,16,18-19H2,2-6H3,(H,33,36). The van der Waals surface area contributed by atoms with Crippen LogP contribution in [0.15, 0.2) is 60.0 Å². The third-order valence-corrected chi connectivity index (χ3v) is 8.67. The second-order valence-electron chi connectivity index (χ2n) is 10.9. The number of fused-ring (bicyclic) bond motifs is 1. The Balaban J connectivity index is 1.45. The summed E-state index contributed by atoms with van der Waals surface area (Å²) in [5, 5.41) is 4.91. The number of aryl methyl sites for hydroxylation is 1. The molecule has 3 amide bonds. The Hall–Kier alpha value is -3.32. The van der Waals surface area contributed by atoms with E-state index in [4.69, 9.17) is 0 Å². The molecule has 2 aliphatic heterocycles. The maximum absolute atomic E-state index is 13.9. The number of nitrogens with one attached hydrogen (secondary N) is 1. The van der Waals surface area contributed by atoms with Gasteiger partial charge in [0, 0.05) is 30.1 Å². The van der Waals surface area contributed by atoms with Gasteiger partial charge in [-0.2, -0.15) is 0 Å². The van der Waals surface area contributed by atoms with Gasteiger partial charge in [-0.1, -0.05) is 74.2 Å². The van der Waals surface area contributed by atoms with Gasteiger partial charge in [-0.15, -0.1) is 0 Å². The Bertz CT molecular complexity index is 1310. The zero-order chi connectivity index (χ0) is 28.3. The molecule has 6 nitrogen and oxygen atoms in total. The number of carbonyl (C=O) groups excluding carboxylic acids is 3. The molecule has 0 saturated carbocycles. The number of hydrogen-bond donors (Lipinski definition) is 1. The Kier molecular flexibility index (Phi) is 9.01. The molecule has 7 heteroatoms. The molecule has 0 radical (unpaired) electrons. The van der Waals surface area contributed by atoms with Gasteiger partial charge in [0.25, 0.3) is 5.91 Å². The highest BCUT2D eigenvalue weighted by Crippen LogP contribution is 2.33. The first-order valence-corrected chi connectivity index (χ1v) is 14.5. The molecule has 1 saturated heterocycles. The van der Waals surface area contributed by atoms with E-state index in [2.05, 4.69) is 50.9 Å². The summed E-state index contributed by atoms with van der Waals surface area (Å²) in [6, 6.07) is 12.7. The van der Waals surface area contributed by atoms with Crippen molar-refractivity contribution in [2.24, 2.45) is 5.92 Å². The fraction of sp³-hybridized carbons (Fsp3) is 0.406. The molecule has 4 rings (SSSR count). The van der Waals surface area contributed by atoms with Crippen molar-refractivity contribution in [3.8, 4) is 0 Å². The normalized spacial score (nSPS) is 17.3. The van der Waals surface area contributed by atoms with Gasteiger partial charge in [0.05, 0.1) is 0 Å². The fourth-order valence-corrected chi connectivity index (χ4v) is 6.31. The van der Waals surface area contributed by atoms with E-state index in [9.17, 15) is 14.4 Å². The SMILES string of the molecule is C=CSC(=C(C)C)c1ccc(CNC(=O)C2CCCN2C(=O)C(C(C)C)N2Cc3ccccc3C2=O)c(C)c1. The summed E-state index contributed by atoms with van der Waals surface area (Å²) in [6.07, 6.45) is 1.39. The molecule has 0 aliphatic carbocycles. The highest BCUT2D eigenvalue weighted by Gasteiger charge is 2.43. The minimum atomic E-state index is -0.606. The van der Waals surface area contributed by atoms with Gasteiger partial charge in [-0.25, -0.2) is 0 Å². The van der Waals surface area contributed by atoms with Crippen molar-refractivity contribution >= 4 is 34.4 Å². The molecule has 0 spiro atoms. The number of benzene rings is 2. The van der Waals surface area contributed by atoms with Gasteiger partial charge < -0.3 is 15.1 Å². The van der Waals surface area contributed by atoms with Crippen LogP contribution in [-0.4, -0.2) is 46.1 Å². The van der Waals surface area contributed by atoms with Crippen molar-refractivity contribution in [1.29, 1.82) is 0 Å². The number of likely N-dealkylation sites (tertiary alicyclic amines) is 1. The Morgan fingerprint density at radius 1 is 1.18 bits per heavy atom. The minimum absolute atomic E-state index is 0.0776. The molecule has 0 bridgehead atoms. The summed E-state index contributed by atoms with van der Waals surface area (Å²) in [5.41, 5.74) is 6.11. The third-order valence-electron chi connectivity index (χ3n) is 7.62. The van der Waals surface area contributed by atoms with Crippen molar-refractivity contribution in [1.82, 2.24) is 15.1 Å². The second-order valence-corrected chi connectivity index (χ2v) is 11.9. The van der Waals surface area contributed by atoms with E-state index in [1.165, 1.54) is 10.5 Å². The molecular weight excluding hydrogens is 506 g/mol. The number of nitrogens with zero attached hydrogens (tertiary/aromatic N) is 2. The van der Waals surface area contributed by atoms with Crippen molar-refractivity contribution in [2.75, 3.05) is 6.54 Å². The molecule has 2 aromatic carbocycles. The quantitative estimate of drug-likeness (QED) is 0.425. The maximum Gasteiger partial charge on any atom is 0.255 e. The zero-order valence-corrected chi connectivity index (χ0v) is 24.4. The topological polar surface area (TPSA) is 69.7 Å². The van der Waals surface area contributed by atoms with Crippen LogP contribution in [0.4, 0.5) is 0 Å². The molecule has 2 heterocycles. The van der Waals surface area contributed by atoms with Crippen LogP contribution < -0.4 is 5.32 Å². The van der Waals surface area contributed by atoms with Crippen molar-refractivity contribution < 1.29 is 14.4 Å². The van der Waals surface area contributed by atoms with E-state index < -0.39 is 12.1 Å². The minimum Gasteiger partial charge on any atom is -0.350 e. The molecule has 0 aromatic heterocycles. The number of carbonyl (C=O) groups is 3. The Morgan fingerprint density at radius 3 is 2.56 bits per heavy atom. The van der Waals surface area contributed by atoms with E-state index in [1.54, 1.807) is 21.6 Å². The lowest BCUT2D eigenvalue weighted by Gasteiger charge is -2.35. The first kappa shape index (κ1) is 28.7. The molecule has 2 aromatic rings. The summed E-state index contributed by atoms with van der Waals surface area (Å²) in [6.45, 7) is 15.3. The highest BCUT2D eigenvalue weighted by molar-refractivity contribution is 8.10. The van der Waals surface area contributed by atoms with E-state index >= 15 is 0 Å². The first-order chi connectivity index (χ1) is 18.6. The van der Waals surface area contributed by atoms with Crippen LogP contribution in [0.25, 0.3) is 4.91 Å². The smallest absolute Gasteiger partial charge is 0.255 e. The van der Waals surface area contributed by atoms with Gasteiger partial charge >= 0.3 is 0 Å². The van der Waals surface area contributed by atoms with Gasteiger partial charge in [0.1, 0.15) is 12.1 Å². The monoisotopic (exact) mass is 545 g/mol. The van der Waals surface area contributed by atoms with Gasteiger partial charge in [-0.3, -0.25) is 14.4 Å². The van der Waals surface area contributed by atoms with Crippen LogP contribution >= 0.6 is 11.8 Å². The highest BCUT2D eigenvalue weighted by atomic mass is 32.2. The third kappa shape index (κ3) is 5.98. The maximum atomic E-state index is 13.9. The van der Waals surface area contributed by atoms with E-state index in [1.807, 2.05) is 43.5 Å². The van der Waals surface area contributed by atoms with Crippen LogP contribution in [0.1, 0.15) is 73.1 Å². The second kappa shape index (κ2) is 12.2. The summed E-state index contributed by atoms with van der Waals surface area (Å²) < 4.78 is 0. The molecular formula is C32H39N3O3S. The van der Waals surface area contributed by atoms with Crippen LogP contribution in [0.5, 0.6) is 0 Å². The molecule has 1 N–H and O–H groups in total. The largest absolute Gasteiger partial charge is 0.350 e. The summed E-state index contributed by atoms with van der Waals surface area (Å²) in [4.78, 5) is 44.9. The van der Waals surface area contributed by atoms with Gasteiger partial charge in [-0.05, 0) is 73.3 Å². The number of hydrogen-bond acceptors (Lipinski definition) is 4. The van der Waals surface area contributed by atoms with Crippen molar-refractivity contribution in [3.63, 3.8) is 0 Å². The van der Waals surface area contributed by atoms with Crippen molar-refractivity contribution in [3.05, 3.63) is 87.8 Å². The molecule has 2 aliphatic rings. The summed E-state index contributed by atoms with van der Waals surface area (Å²) in [5.74, 6) is -0.473. The van der Waals surface area contributed by atoms with Crippen LogP contribution in [0.2, 0.25) is 0 Å². The van der Waals surface area contributed by atoms with E-state index in [-0.39, 0.29) is 23.6 Å². The Labute approximate surface area is 236 Å². The molecule has 2 unspecified atom stereocenters. The number of amides is 3. The molecule has 206 valence electrons.